The largest absolute Gasteiger partial charge is 0.488 e. The van der Waals surface area contributed by atoms with Crippen LogP contribution in [-0.2, 0) is 11.2 Å². The first-order valence-corrected chi connectivity index (χ1v) is 8.75. The highest BCUT2D eigenvalue weighted by molar-refractivity contribution is 6.08. The lowest BCUT2D eigenvalue weighted by atomic mass is 9.88. The fourth-order valence-electron chi connectivity index (χ4n) is 3.25. The summed E-state index contributed by atoms with van der Waals surface area (Å²) in [6, 6.07) is 3.43. The highest BCUT2D eigenvalue weighted by Crippen LogP contribution is 2.33. The van der Waals surface area contributed by atoms with Crippen molar-refractivity contribution in [1.29, 1.82) is 0 Å². The molecule has 27 heavy (non-hydrogen) atoms. The zero-order valence-electron chi connectivity index (χ0n) is 15.7. The topological polar surface area (TPSA) is 76.7 Å². The Balaban J connectivity index is 1.94. The van der Waals surface area contributed by atoms with Gasteiger partial charge in [0, 0.05) is 10.9 Å². The number of allylic oxidation sites excluding steroid dienone is 3. The van der Waals surface area contributed by atoms with Gasteiger partial charge in [-0.1, -0.05) is 25.7 Å². The first-order valence-electron chi connectivity index (χ1n) is 8.75. The van der Waals surface area contributed by atoms with Gasteiger partial charge in [-0.3, -0.25) is 9.59 Å². The van der Waals surface area contributed by atoms with Gasteiger partial charge in [0.05, 0.1) is 12.7 Å². The van der Waals surface area contributed by atoms with Gasteiger partial charge in [0.1, 0.15) is 23.5 Å². The van der Waals surface area contributed by atoms with Gasteiger partial charge in [-0.15, -0.1) is 0 Å². The van der Waals surface area contributed by atoms with Crippen LogP contribution in [0.2, 0.25) is 0 Å². The number of benzene rings is 1. The lowest BCUT2D eigenvalue weighted by Crippen LogP contribution is -2.11. The zero-order valence-corrected chi connectivity index (χ0v) is 15.7. The van der Waals surface area contributed by atoms with Crippen molar-refractivity contribution in [2.45, 2.75) is 27.2 Å². The Morgan fingerprint density at radius 3 is 2.74 bits per heavy atom. The smallest absolute Gasteiger partial charge is 0.307 e. The van der Waals surface area contributed by atoms with Crippen molar-refractivity contribution in [3.8, 4) is 5.75 Å². The van der Waals surface area contributed by atoms with Crippen molar-refractivity contribution in [2.24, 2.45) is 5.92 Å². The standard InChI is InChI=1S/C22H22O5/c1-12-5-6-16(14(3)13(12)2)10-26-19-8-7-18-17(9-20(24)25)11-27-22(18)21(19)15(4)23/h5-8,11-12H,2,9-10H2,1,3-4H3,(H,24,25). The molecule has 0 saturated carbocycles. The van der Waals surface area contributed by atoms with Crippen LogP contribution < -0.4 is 4.74 Å². The van der Waals surface area contributed by atoms with Crippen LogP contribution in [0.15, 0.2) is 58.3 Å². The Labute approximate surface area is 157 Å². The van der Waals surface area contributed by atoms with E-state index in [-0.39, 0.29) is 12.2 Å². The monoisotopic (exact) mass is 366 g/mol. The van der Waals surface area contributed by atoms with E-state index < -0.39 is 5.97 Å². The second-order valence-corrected chi connectivity index (χ2v) is 6.81. The number of aliphatic carboxylic acids is 1. The molecule has 0 saturated heterocycles. The predicted molar refractivity (Wildman–Crippen MR) is 103 cm³/mol. The molecule has 3 rings (SSSR count). The van der Waals surface area contributed by atoms with Crippen LogP contribution in [-0.4, -0.2) is 23.5 Å². The van der Waals surface area contributed by atoms with Gasteiger partial charge >= 0.3 is 5.97 Å². The van der Waals surface area contributed by atoms with Crippen molar-refractivity contribution in [3.05, 3.63) is 65.0 Å². The summed E-state index contributed by atoms with van der Waals surface area (Å²) in [5.41, 5.74) is 4.39. The average molecular weight is 366 g/mol. The minimum atomic E-state index is -0.955. The maximum atomic E-state index is 12.2. The van der Waals surface area contributed by atoms with Crippen LogP contribution >= 0.6 is 0 Å². The lowest BCUT2D eigenvalue weighted by molar-refractivity contribution is -0.136. The quantitative estimate of drug-likeness (QED) is 0.749. The number of Topliss-reactive ketones (excluding diaryl/α,β-unsaturated/α-hetero) is 1. The molecular formula is C22H22O5. The van der Waals surface area contributed by atoms with Crippen LogP contribution in [0.3, 0.4) is 0 Å². The van der Waals surface area contributed by atoms with Crippen LogP contribution in [0, 0.1) is 5.92 Å². The Morgan fingerprint density at radius 2 is 2.07 bits per heavy atom. The van der Waals surface area contributed by atoms with Gasteiger partial charge in [-0.05, 0) is 48.6 Å². The Hall–Kier alpha value is -3.08. The number of hydrogen-bond donors (Lipinski definition) is 1. The molecule has 1 atom stereocenters. The molecule has 2 aromatic rings. The van der Waals surface area contributed by atoms with Crippen molar-refractivity contribution in [3.63, 3.8) is 0 Å². The Bertz CT molecular complexity index is 1000. The summed E-state index contributed by atoms with van der Waals surface area (Å²) in [6.45, 7) is 9.97. The van der Waals surface area contributed by atoms with E-state index in [1.54, 1.807) is 12.1 Å². The zero-order chi connectivity index (χ0) is 19.7. The Kier molecular flexibility index (Phi) is 5.04. The van der Waals surface area contributed by atoms with Gasteiger partial charge in [0.25, 0.3) is 0 Å². The number of carboxylic acid groups (broad SMARTS) is 1. The molecule has 1 aliphatic carbocycles. The van der Waals surface area contributed by atoms with E-state index in [1.807, 2.05) is 13.0 Å². The SMILES string of the molecule is C=C1C(C)=C(COc2ccc3c(CC(=O)O)coc3c2C(C)=O)C=CC1C. The van der Waals surface area contributed by atoms with Gasteiger partial charge in [0.2, 0.25) is 0 Å². The van der Waals surface area contributed by atoms with E-state index in [0.29, 0.717) is 40.4 Å². The highest BCUT2D eigenvalue weighted by Gasteiger charge is 2.20. The number of hydrogen-bond acceptors (Lipinski definition) is 4. The number of ketones is 1. The molecule has 1 aromatic carbocycles. The summed E-state index contributed by atoms with van der Waals surface area (Å²) in [6.07, 6.45) is 5.32. The third-order valence-electron chi connectivity index (χ3n) is 4.96. The molecule has 0 radical (unpaired) electrons. The van der Waals surface area contributed by atoms with Crippen molar-refractivity contribution >= 4 is 22.7 Å². The van der Waals surface area contributed by atoms with E-state index in [4.69, 9.17) is 14.3 Å². The molecule has 5 nitrogen and oxygen atoms in total. The minimum absolute atomic E-state index is 0.165. The molecule has 140 valence electrons. The number of rotatable bonds is 6. The fourth-order valence-corrected chi connectivity index (χ4v) is 3.25. The number of fused-ring (bicyclic) bond motifs is 1. The third-order valence-corrected chi connectivity index (χ3v) is 4.96. The van der Waals surface area contributed by atoms with Crippen molar-refractivity contribution in [2.75, 3.05) is 6.61 Å². The summed E-state index contributed by atoms with van der Waals surface area (Å²) in [4.78, 5) is 23.2. The van der Waals surface area contributed by atoms with E-state index in [2.05, 4.69) is 19.6 Å². The maximum Gasteiger partial charge on any atom is 0.307 e. The Morgan fingerprint density at radius 1 is 1.33 bits per heavy atom. The highest BCUT2D eigenvalue weighted by atomic mass is 16.5. The van der Waals surface area contributed by atoms with Crippen molar-refractivity contribution in [1.82, 2.24) is 0 Å². The maximum absolute atomic E-state index is 12.2. The van der Waals surface area contributed by atoms with Crippen molar-refractivity contribution < 1.29 is 23.8 Å². The van der Waals surface area contributed by atoms with Crippen LogP contribution in [0.5, 0.6) is 5.75 Å². The average Bonchev–Trinajstić information content (AvgIpc) is 3.00. The molecular weight excluding hydrogens is 344 g/mol. The number of carboxylic acids is 1. The number of carbonyl (C=O) groups is 2. The normalized spacial score (nSPS) is 16.9. The molecule has 0 bridgehead atoms. The minimum Gasteiger partial charge on any atom is -0.488 e. The molecule has 1 aromatic heterocycles. The summed E-state index contributed by atoms with van der Waals surface area (Å²) < 4.78 is 11.5. The molecule has 5 heteroatoms. The number of furan rings is 1. The van der Waals surface area contributed by atoms with E-state index in [9.17, 15) is 9.59 Å². The lowest BCUT2D eigenvalue weighted by Gasteiger charge is -2.21. The molecule has 0 spiro atoms. The fraction of sp³-hybridized carbons (Fsp3) is 0.273. The third kappa shape index (κ3) is 3.58. The van der Waals surface area contributed by atoms with Gasteiger partial charge in [-0.2, -0.15) is 0 Å². The number of carbonyl (C=O) groups excluding carboxylic acids is 1. The van der Waals surface area contributed by atoms with E-state index in [0.717, 1.165) is 16.7 Å². The second kappa shape index (κ2) is 7.27. The first-order chi connectivity index (χ1) is 12.8. The predicted octanol–water partition coefficient (Wildman–Crippen LogP) is 4.72. The van der Waals surface area contributed by atoms with Crippen LogP contribution in [0.4, 0.5) is 0 Å². The van der Waals surface area contributed by atoms with Crippen LogP contribution in [0.25, 0.3) is 11.0 Å². The summed E-state index contributed by atoms with van der Waals surface area (Å²) >= 11 is 0. The molecule has 1 N–H and O–H groups in total. The number of ether oxygens (including phenoxy) is 1. The first kappa shape index (κ1) is 18.7. The molecule has 1 unspecified atom stereocenters. The second-order valence-electron chi connectivity index (χ2n) is 6.81. The molecule has 1 heterocycles. The summed E-state index contributed by atoms with van der Waals surface area (Å²) in [5, 5.41) is 9.64. The van der Waals surface area contributed by atoms with Gasteiger partial charge in [-0.25, -0.2) is 0 Å². The molecule has 0 aliphatic heterocycles. The molecule has 1 aliphatic rings. The van der Waals surface area contributed by atoms with Gasteiger partial charge < -0.3 is 14.3 Å². The van der Waals surface area contributed by atoms with Gasteiger partial charge in [0.15, 0.2) is 5.78 Å². The van der Waals surface area contributed by atoms with Crippen LogP contribution in [0.1, 0.15) is 36.7 Å². The van der Waals surface area contributed by atoms with E-state index in [1.165, 1.54) is 13.2 Å². The summed E-state index contributed by atoms with van der Waals surface area (Å²) in [7, 11) is 0. The van der Waals surface area contributed by atoms with E-state index >= 15 is 0 Å². The summed E-state index contributed by atoms with van der Waals surface area (Å²) in [5.74, 6) is -0.434. The molecule has 0 fully saturated rings. The molecule has 0 amide bonds.